The highest BCUT2D eigenvalue weighted by atomic mass is 35.5. The Hall–Kier alpha value is -3.09. The molecule has 2 aromatic heterocycles. The van der Waals surface area contributed by atoms with E-state index in [2.05, 4.69) is 34.2 Å². The smallest absolute Gasteiger partial charge is 0.145 e. The Balaban J connectivity index is 1.35. The third kappa shape index (κ3) is 6.48. The summed E-state index contributed by atoms with van der Waals surface area (Å²) < 4.78 is 12.7. The number of pyridine rings is 2. The molecule has 6 rings (SSSR count). The minimum atomic E-state index is -0.352. The monoisotopic (exact) mass is 628 g/mol. The average molecular weight is 630 g/mol. The molecule has 2 aliphatic carbocycles. The van der Waals surface area contributed by atoms with Crippen molar-refractivity contribution in [2.24, 2.45) is 11.8 Å². The topological polar surface area (TPSA) is 61.3 Å². The molecule has 2 heterocycles. The fourth-order valence-corrected chi connectivity index (χ4v) is 7.41. The summed E-state index contributed by atoms with van der Waals surface area (Å²) in [7, 11) is 0. The molecule has 2 aliphatic rings. The summed E-state index contributed by atoms with van der Waals surface area (Å²) in [4.78, 5) is 24.1. The van der Waals surface area contributed by atoms with Gasteiger partial charge in [0, 0.05) is 33.3 Å². The van der Waals surface area contributed by atoms with Crippen molar-refractivity contribution in [3.8, 4) is 0 Å². The quantitative estimate of drug-likeness (QED) is 0.140. The van der Waals surface area contributed by atoms with Gasteiger partial charge in [-0.3, -0.25) is 14.8 Å². The number of rotatable bonds is 14. The number of aromatic nitrogens is 2. The Morgan fingerprint density at radius 3 is 1.36 bits per heavy atom. The van der Waals surface area contributed by atoms with E-state index in [0.29, 0.717) is 36.5 Å². The lowest BCUT2D eigenvalue weighted by Gasteiger charge is -2.52. The first-order valence-corrected chi connectivity index (χ1v) is 16.3. The summed E-state index contributed by atoms with van der Waals surface area (Å²) in [6.45, 7) is 1.33. The van der Waals surface area contributed by atoms with Crippen molar-refractivity contribution in [2.75, 3.05) is 13.2 Å². The molecule has 2 fully saturated rings. The van der Waals surface area contributed by atoms with Crippen molar-refractivity contribution < 1.29 is 14.3 Å². The molecule has 2 unspecified atom stereocenters. The first-order valence-electron chi connectivity index (χ1n) is 15.5. The Morgan fingerprint density at radius 2 is 1.05 bits per heavy atom. The van der Waals surface area contributed by atoms with Crippen molar-refractivity contribution in [3.63, 3.8) is 0 Å². The SMILES string of the molecule is O=C(C(COCc1ccccn1)C1(c2ccc(Cl)cc2)CCC1)C(COCc1ccccn1)C1(c2ccc(Cl)cc2)CCC1. The van der Waals surface area contributed by atoms with Gasteiger partial charge in [-0.05, 0) is 85.3 Å². The fraction of sp³-hybridized carbons (Fsp3) is 0.378. The first kappa shape index (κ1) is 30.9. The lowest BCUT2D eigenvalue weighted by molar-refractivity contribution is -0.142. The van der Waals surface area contributed by atoms with Crippen LogP contribution in [-0.4, -0.2) is 29.0 Å². The second-order valence-corrected chi connectivity index (χ2v) is 13.1. The summed E-state index contributed by atoms with van der Waals surface area (Å²) in [5, 5.41) is 1.38. The highest BCUT2D eigenvalue weighted by molar-refractivity contribution is 6.30. The van der Waals surface area contributed by atoms with Gasteiger partial charge in [-0.25, -0.2) is 0 Å². The minimum Gasteiger partial charge on any atom is -0.374 e. The molecule has 5 nitrogen and oxygen atoms in total. The average Bonchev–Trinajstić information content (AvgIpc) is 3.01. The van der Waals surface area contributed by atoms with Gasteiger partial charge in [-0.1, -0.05) is 72.4 Å². The van der Waals surface area contributed by atoms with Gasteiger partial charge in [0.05, 0.1) is 49.7 Å². The van der Waals surface area contributed by atoms with Crippen LogP contribution in [0.4, 0.5) is 0 Å². The molecule has 228 valence electrons. The van der Waals surface area contributed by atoms with Crippen LogP contribution >= 0.6 is 23.2 Å². The number of carbonyl (C=O) groups excluding carboxylic acids is 1. The zero-order valence-corrected chi connectivity index (χ0v) is 26.4. The largest absolute Gasteiger partial charge is 0.374 e. The van der Waals surface area contributed by atoms with Crippen LogP contribution < -0.4 is 0 Å². The van der Waals surface area contributed by atoms with Crippen LogP contribution in [0.5, 0.6) is 0 Å². The van der Waals surface area contributed by atoms with Crippen molar-refractivity contribution in [3.05, 3.63) is 130 Å². The number of hydrogen-bond acceptors (Lipinski definition) is 5. The number of hydrogen-bond donors (Lipinski definition) is 0. The van der Waals surface area contributed by atoms with Gasteiger partial charge in [-0.15, -0.1) is 0 Å². The standard InChI is InChI=1S/C37H38Cl2N2O3/c38-29-13-9-27(10-14-29)36(17-5-18-36)33(25-43-23-31-7-1-3-21-40-31)35(42)34(26-44-24-32-8-2-4-22-41-32)37(19-6-20-37)28-11-15-30(39)16-12-28/h1-4,7-16,21-22,33-34H,5-6,17-20,23-26H2. The molecule has 2 aromatic carbocycles. The molecule has 0 spiro atoms. The predicted molar refractivity (Wildman–Crippen MR) is 174 cm³/mol. The van der Waals surface area contributed by atoms with E-state index in [9.17, 15) is 0 Å². The molecule has 44 heavy (non-hydrogen) atoms. The molecular weight excluding hydrogens is 591 g/mol. The summed E-state index contributed by atoms with van der Waals surface area (Å²) in [6.07, 6.45) is 9.36. The molecular formula is C37H38Cl2N2O3. The number of Topliss-reactive ketones (excluding diaryl/α,β-unsaturated/α-hetero) is 1. The van der Waals surface area contributed by atoms with E-state index < -0.39 is 0 Å². The van der Waals surface area contributed by atoms with E-state index in [1.165, 1.54) is 0 Å². The third-order valence-electron chi connectivity index (χ3n) is 9.87. The molecule has 0 N–H and O–H groups in total. The molecule has 0 saturated heterocycles. The maximum atomic E-state index is 15.2. The summed E-state index contributed by atoms with van der Waals surface area (Å²) >= 11 is 12.6. The number of halogens is 2. The first-order chi connectivity index (χ1) is 21.5. The minimum absolute atomic E-state index is 0.205. The second kappa shape index (κ2) is 13.9. The van der Waals surface area contributed by atoms with E-state index in [-0.39, 0.29) is 28.4 Å². The van der Waals surface area contributed by atoms with Gasteiger partial charge < -0.3 is 9.47 Å². The highest BCUT2D eigenvalue weighted by Gasteiger charge is 2.55. The number of ketones is 1. The van der Waals surface area contributed by atoms with E-state index in [1.807, 2.05) is 60.7 Å². The van der Waals surface area contributed by atoms with Crippen molar-refractivity contribution in [2.45, 2.75) is 62.6 Å². The van der Waals surface area contributed by atoms with Crippen LogP contribution in [0.15, 0.2) is 97.3 Å². The van der Waals surface area contributed by atoms with Gasteiger partial charge in [0.2, 0.25) is 0 Å². The van der Waals surface area contributed by atoms with E-state index in [0.717, 1.165) is 61.0 Å². The van der Waals surface area contributed by atoms with Gasteiger partial charge in [0.15, 0.2) is 0 Å². The maximum Gasteiger partial charge on any atom is 0.145 e. The van der Waals surface area contributed by atoms with Gasteiger partial charge in [0.25, 0.3) is 0 Å². The zero-order valence-electron chi connectivity index (χ0n) is 24.8. The van der Waals surface area contributed by atoms with E-state index in [1.54, 1.807) is 12.4 Å². The van der Waals surface area contributed by atoms with Crippen LogP contribution in [0.25, 0.3) is 0 Å². The molecule has 2 atom stereocenters. The Bertz CT molecular complexity index is 1390. The molecule has 0 aliphatic heterocycles. The van der Waals surface area contributed by atoms with Crippen molar-refractivity contribution >= 4 is 29.0 Å². The Morgan fingerprint density at radius 1 is 0.636 bits per heavy atom. The van der Waals surface area contributed by atoms with Gasteiger partial charge in [-0.2, -0.15) is 0 Å². The molecule has 2 saturated carbocycles. The summed E-state index contributed by atoms with van der Waals surface area (Å²) in [5.74, 6) is -0.500. The predicted octanol–water partition coefficient (Wildman–Crippen LogP) is 8.56. The van der Waals surface area contributed by atoms with Crippen molar-refractivity contribution in [1.82, 2.24) is 9.97 Å². The van der Waals surface area contributed by atoms with Crippen molar-refractivity contribution in [1.29, 1.82) is 0 Å². The van der Waals surface area contributed by atoms with E-state index >= 15 is 4.79 Å². The number of carbonyl (C=O) groups is 1. The number of benzene rings is 2. The summed E-state index contributed by atoms with van der Waals surface area (Å²) in [6, 6.07) is 27.7. The van der Waals surface area contributed by atoms with E-state index in [4.69, 9.17) is 32.7 Å². The number of nitrogens with zero attached hydrogens (tertiary/aromatic N) is 2. The molecule has 0 amide bonds. The van der Waals surface area contributed by atoms with Crippen LogP contribution in [0.3, 0.4) is 0 Å². The highest BCUT2D eigenvalue weighted by Crippen LogP contribution is 2.55. The fourth-order valence-electron chi connectivity index (χ4n) is 7.16. The lowest BCUT2D eigenvalue weighted by atomic mass is 9.51. The Kier molecular flexibility index (Phi) is 9.77. The van der Waals surface area contributed by atoms with Gasteiger partial charge >= 0.3 is 0 Å². The molecule has 0 radical (unpaired) electrons. The molecule has 4 aromatic rings. The van der Waals surface area contributed by atoms with Crippen LogP contribution in [0.1, 0.15) is 61.0 Å². The third-order valence-corrected chi connectivity index (χ3v) is 10.4. The molecule has 0 bridgehead atoms. The van der Waals surface area contributed by atoms with Crippen LogP contribution in [0.2, 0.25) is 10.0 Å². The van der Waals surface area contributed by atoms with Gasteiger partial charge in [0.1, 0.15) is 5.78 Å². The van der Waals surface area contributed by atoms with Crippen LogP contribution in [0, 0.1) is 11.8 Å². The number of ether oxygens (including phenoxy) is 2. The zero-order chi connectivity index (χ0) is 30.4. The Labute approximate surface area is 269 Å². The summed E-state index contributed by atoms with van der Waals surface area (Å²) in [5.41, 5.74) is 3.34. The molecule has 7 heteroatoms. The second-order valence-electron chi connectivity index (χ2n) is 12.2. The van der Waals surface area contributed by atoms with Crippen LogP contribution in [-0.2, 0) is 38.3 Å². The lowest BCUT2D eigenvalue weighted by Crippen LogP contribution is -2.55. The maximum absolute atomic E-state index is 15.2. The normalized spacial score (nSPS) is 18.0.